The molecular formula is C18H19ClN6O6S. The van der Waals surface area contributed by atoms with E-state index < -0.39 is 28.6 Å². The number of fused-ring (bicyclic) bond motifs is 1. The van der Waals surface area contributed by atoms with Gasteiger partial charge in [0, 0.05) is 25.4 Å². The van der Waals surface area contributed by atoms with Crippen molar-refractivity contribution in [1.82, 2.24) is 19.7 Å². The van der Waals surface area contributed by atoms with Crippen molar-refractivity contribution >= 4 is 56.0 Å². The number of aromatic nitrogens is 3. The summed E-state index contributed by atoms with van der Waals surface area (Å²) in [5.74, 6) is -0.177. The van der Waals surface area contributed by atoms with Crippen LogP contribution < -0.4 is 14.8 Å². The predicted molar refractivity (Wildman–Crippen MR) is 118 cm³/mol. The summed E-state index contributed by atoms with van der Waals surface area (Å²) in [6, 6.07) is 6.12. The van der Waals surface area contributed by atoms with Crippen LogP contribution in [0.15, 0.2) is 30.5 Å². The molecule has 0 aliphatic heterocycles. The molecule has 0 atom stereocenters. The van der Waals surface area contributed by atoms with E-state index in [4.69, 9.17) is 21.4 Å². The summed E-state index contributed by atoms with van der Waals surface area (Å²) in [4.78, 5) is 28.1. The zero-order chi connectivity index (χ0) is 23.6. The minimum absolute atomic E-state index is 0.133. The lowest BCUT2D eigenvalue weighted by molar-refractivity contribution is -0.116. The molecule has 2 heterocycles. The number of nitrogens with zero attached hydrogens (tertiary/aromatic N) is 4. The largest absolute Gasteiger partial charge is 0.494 e. The molecule has 32 heavy (non-hydrogen) atoms. The number of carbonyl (C=O) groups is 2. The lowest BCUT2D eigenvalue weighted by atomic mass is 10.2. The summed E-state index contributed by atoms with van der Waals surface area (Å²) in [6.45, 7) is -0.403. The molecule has 0 aliphatic rings. The van der Waals surface area contributed by atoms with Gasteiger partial charge < -0.3 is 20.1 Å². The van der Waals surface area contributed by atoms with Crippen molar-refractivity contribution in [3.05, 3.63) is 35.6 Å². The van der Waals surface area contributed by atoms with Gasteiger partial charge in [-0.2, -0.15) is 0 Å². The van der Waals surface area contributed by atoms with Gasteiger partial charge in [0.05, 0.1) is 30.0 Å². The molecule has 3 aromatic rings. The Bertz CT molecular complexity index is 1310. The molecule has 0 fully saturated rings. The Balaban J connectivity index is 2.06. The van der Waals surface area contributed by atoms with Crippen LogP contribution in [0.3, 0.4) is 0 Å². The molecule has 1 aromatic carbocycles. The van der Waals surface area contributed by atoms with Crippen LogP contribution in [0.2, 0.25) is 5.15 Å². The van der Waals surface area contributed by atoms with Crippen LogP contribution in [0.5, 0.6) is 5.75 Å². The van der Waals surface area contributed by atoms with Crippen LogP contribution in [0.4, 0.5) is 16.3 Å². The Morgan fingerprint density at radius 2 is 2.03 bits per heavy atom. The molecule has 0 radical (unpaired) electrons. The van der Waals surface area contributed by atoms with Crippen LogP contribution in [0.25, 0.3) is 16.6 Å². The number of sulfonamides is 1. The second-order valence-corrected chi connectivity index (χ2v) is 8.87. The fraction of sp³-hybridized carbons (Fsp3) is 0.222. The third kappa shape index (κ3) is 5.18. The van der Waals surface area contributed by atoms with Crippen LogP contribution in [0.1, 0.15) is 0 Å². The second-order valence-electron chi connectivity index (χ2n) is 6.73. The molecule has 12 nitrogen and oxygen atoms in total. The molecule has 0 saturated carbocycles. The first-order valence-corrected chi connectivity index (χ1v) is 11.2. The van der Waals surface area contributed by atoms with Crippen molar-refractivity contribution in [3.63, 3.8) is 0 Å². The van der Waals surface area contributed by atoms with Gasteiger partial charge in [-0.05, 0) is 12.1 Å². The topological polar surface area (TPSA) is 156 Å². The van der Waals surface area contributed by atoms with Crippen LogP contribution in [-0.2, 0) is 14.8 Å². The number of methoxy groups -OCH3 is 1. The Morgan fingerprint density at radius 1 is 1.31 bits per heavy atom. The van der Waals surface area contributed by atoms with Crippen LogP contribution >= 0.6 is 11.6 Å². The lowest BCUT2D eigenvalue weighted by Gasteiger charge is -2.12. The number of nitrogens with one attached hydrogen (secondary N) is 2. The number of amides is 2. The highest BCUT2D eigenvalue weighted by atomic mass is 35.5. The predicted octanol–water partition coefficient (Wildman–Crippen LogP) is 2.00. The van der Waals surface area contributed by atoms with Gasteiger partial charge in [0.1, 0.15) is 23.1 Å². The molecule has 0 unspecified atom stereocenters. The second kappa shape index (κ2) is 8.88. The lowest BCUT2D eigenvalue weighted by Crippen LogP contribution is -2.33. The maximum absolute atomic E-state index is 12.3. The van der Waals surface area contributed by atoms with E-state index in [0.29, 0.717) is 22.3 Å². The summed E-state index contributed by atoms with van der Waals surface area (Å²) < 4.78 is 32.2. The molecule has 170 valence electrons. The zero-order valence-electron chi connectivity index (χ0n) is 17.2. The maximum atomic E-state index is 12.3. The summed E-state index contributed by atoms with van der Waals surface area (Å²) in [5.41, 5.74) is 1.20. The molecular weight excluding hydrogens is 464 g/mol. The maximum Gasteiger partial charge on any atom is 0.407 e. The van der Waals surface area contributed by atoms with Gasteiger partial charge in [0.15, 0.2) is 5.82 Å². The standard InChI is InChI=1S/C18H19ClN6O6S/c1-24(18(27)28)9-16(26)21-17-11-8-20-15(19)7-13(11)25(22-17)12-5-4-10(6-14(12)31-2)23-32(3,29)30/h4-8,23H,9H2,1-3H3,(H,27,28)(H,21,22,26). The van der Waals surface area contributed by atoms with Gasteiger partial charge in [-0.25, -0.2) is 22.9 Å². The minimum Gasteiger partial charge on any atom is -0.494 e. The SMILES string of the molecule is COc1cc(NS(C)(=O)=O)ccc1-n1nc(NC(=O)CN(C)C(=O)O)c2cnc(Cl)cc21. The monoisotopic (exact) mass is 482 g/mol. The Labute approximate surface area is 187 Å². The third-order valence-corrected chi connectivity index (χ3v) is 5.02. The van der Waals surface area contributed by atoms with Gasteiger partial charge in [-0.3, -0.25) is 9.52 Å². The van der Waals surface area contributed by atoms with E-state index in [1.54, 1.807) is 6.07 Å². The molecule has 0 aliphatic carbocycles. The molecule has 2 aromatic heterocycles. The smallest absolute Gasteiger partial charge is 0.407 e. The van der Waals surface area contributed by atoms with Gasteiger partial charge in [0.25, 0.3) is 0 Å². The zero-order valence-corrected chi connectivity index (χ0v) is 18.7. The summed E-state index contributed by atoms with van der Waals surface area (Å²) in [7, 11) is -0.821. The van der Waals surface area contributed by atoms with E-state index in [0.717, 1.165) is 11.2 Å². The number of anilines is 2. The van der Waals surface area contributed by atoms with Gasteiger partial charge in [-0.15, -0.1) is 5.10 Å². The number of rotatable bonds is 7. The molecule has 0 spiro atoms. The molecule has 14 heteroatoms. The van der Waals surface area contributed by atoms with E-state index in [1.165, 1.54) is 43.2 Å². The molecule has 3 N–H and O–H groups in total. The van der Waals surface area contributed by atoms with E-state index in [9.17, 15) is 18.0 Å². The van der Waals surface area contributed by atoms with Crippen LogP contribution in [-0.4, -0.2) is 72.1 Å². The number of carbonyl (C=O) groups excluding carboxylic acids is 1. The van der Waals surface area contributed by atoms with Gasteiger partial charge >= 0.3 is 6.09 Å². The number of ether oxygens (including phenoxy) is 1. The fourth-order valence-corrected chi connectivity index (χ4v) is 3.55. The fourth-order valence-electron chi connectivity index (χ4n) is 2.85. The number of benzene rings is 1. The van der Waals surface area contributed by atoms with Crippen molar-refractivity contribution in [2.75, 3.05) is 37.0 Å². The first-order valence-electron chi connectivity index (χ1n) is 8.93. The minimum atomic E-state index is -3.49. The highest BCUT2D eigenvalue weighted by molar-refractivity contribution is 7.92. The molecule has 3 rings (SSSR count). The Kier molecular flexibility index (Phi) is 6.41. The van der Waals surface area contributed by atoms with Crippen LogP contribution in [0, 0.1) is 0 Å². The first kappa shape index (κ1) is 23.1. The number of pyridine rings is 1. The number of hydrogen-bond acceptors (Lipinski definition) is 7. The summed E-state index contributed by atoms with van der Waals surface area (Å²) in [5, 5.41) is 16.5. The number of likely N-dealkylation sites (N-methyl/N-ethyl adjacent to an activating group) is 1. The number of halogens is 1. The first-order chi connectivity index (χ1) is 15.0. The van der Waals surface area contributed by atoms with Crippen molar-refractivity contribution in [1.29, 1.82) is 0 Å². The quantitative estimate of drug-likeness (QED) is 0.432. The molecule has 0 bridgehead atoms. The normalized spacial score (nSPS) is 11.2. The van der Waals surface area contributed by atoms with E-state index in [2.05, 4.69) is 20.1 Å². The van der Waals surface area contributed by atoms with E-state index in [1.807, 2.05) is 0 Å². The molecule has 2 amide bonds. The average molecular weight is 483 g/mol. The van der Waals surface area contributed by atoms with Crippen molar-refractivity contribution in [3.8, 4) is 11.4 Å². The van der Waals surface area contributed by atoms with E-state index >= 15 is 0 Å². The third-order valence-electron chi connectivity index (χ3n) is 4.21. The van der Waals surface area contributed by atoms with Gasteiger partial charge in [0.2, 0.25) is 15.9 Å². The van der Waals surface area contributed by atoms with Crippen molar-refractivity contribution in [2.45, 2.75) is 0 Å². The summed E-state index contributed by atoms with van der Waals surface area (Å²) >= 11 is 6.05. The van der Waals surface area contributed by atoms with Crippen molar-refractivity contribution < 1.29 is 27.9 Å². The Morgan fingerprint density at radius 3 is 2.66 bits per heavy atom. The average Bonchev–Trinajstić information content (AvgIpc) is 3.03. The van der Waals surface area contributed by atoms with Gasteiger partial charge in [-0.1, -0.05) is 11.6 Å². The highest BCUT2D eigenvalue weighted by Crippen LogP contribution is 2.32. The van der Waals surface area contributed by atoms with Crippen molar-refractivity contribution in [2.24, 2.45) is 0 Å². The Hall–Kier alpha value is -3.58. The molecule has 0 saturated heterocycles. The summed E-state index contributed by atoms with van der Waals surface area (Å²) in [6.07, 6.45) is 1.20. The highest BCUT2D eigenvalue weighted by Gasteiger charge is 2.19. The number of carboxylic acid groups (broad SMARTS) is 1. The number of hydrogen-bond donors (Lipinski definition) is 3. The van der Waals surface area contributed by atoms with E-state index in [-0.39, 0.29) is 16.7 Å².